The summed E-state index contributed by atoms with van der Waals surface area (Å²) in [6, 6.07) is 58.2. The van der Waals surface area contributed by atoms with Crippen molar-refractivity contribution in [3.05, 3.63) is 158 Å². The molecule has 0 amide bonds. The van der Waals surface area contributed by atoms with Gasteiger partial charge in [0.1, 0.15) is 0 Å². The number of para-hydroxylation sites is 3. The Labute approximate surface area is 250 Å². The van der Waals surface area contributed by atoms with Crippen LogP contribution < -0.4 is 29.9 Å². The second kappa shape index (κ2) is 9.05. The normalized spacial score (nSPS) is 16.6. The van der Waals surface area contributed by atoms with Gasteiger partial charge in [0.2, 0.25) is 8.07 Å². The van der Waals surface area contributed by atoms with E-state index in [1.807, 2.05) is 11.3 Å². The molecule has 0 spiro atoms. The summed E-state index contributed by atoms with van der Waals surface area (Å²) >= 11 is 1.99. The van der Waals surface area contributed by atoms with E-state index in [0.29, 0.717) is 0 Å². The lowest BCUT2D eigenvalue weighted by atomic mass is 10.1. The summed E-state index contributed by atoms with van der Waals surface area (Å²) in [5.41, 5.74) is 7.54. The molecule has 1 unspecified atom stereocenters. The fraction of sp³-hybridized carbons (Fsp3) is 0. The quantitative estimate of drug-likeness (QED) is 0.200. The van der Waals surface area contributed by atoms with Gasteiger partial charge in [0.25, 0.3) is 0 Å². The van der Waals surface area contributed by atoms with Crippen molar-refractivity contribution in [2.45, 2.75) is 0 Å². The molecule has 4 heteroatoms. The van der Waals surface area contributed by atoms with E-state index in [9.17, 15) is 0 Å². The van der Waals surface area contributed by atoms with E-state index < -0.39 is 8.07 Å². The Morgan fingerprint density at radius 3 is 1.74 bits per heavy atom. The molecule has 1 atom stereocenters. The van der Waals surface area contributed by atoms with E-state index in [4.69, 9.17) is 0 Å². The van der Waals surface area contributed by atoms with Crippen LogP contribution in [0.4, 0.5) is 34.1 Å². The smallest absolute Gasteiger partial charge is 0.200 e. The van der Waals surface area contributed by atoms with Crippen molar-refractivity contribution in [1.29, 1.82) is 0 Å². The molecule has 0 bridgehead atoms. The molecule has 2 nitrogen and oxygen atoms in total. The zero-order chi connectivity index (χ0) is 27.7. The summed E-state index contributed by atoms with van der Waals surface area (Å²) in [5, 5.41) is 5.66. The Bertz CT molecular complexity index is 2110. The zero-order valence-corrected chi connectivity index (χ0v) is 24.6. The van der Waals surface area contributed by atoms with Crippen molar-refractivity contribution in [2.24, 2.45) is 0 Å². The van der Waals surface area contributed by atoms with Crippen molar-refractivity contribution in [2.75, 3.05) is 9.80 Å². The summed E-state index contributed by atoms with van der Waals surface area (Å²) in [7, 11) is -2.75. The summed E-state index contributed by atoms with van der Waals surface area (Å²) in [6.07, 6.45) is 0. The van der Waals surface area contributed by atoms with Gasteiger partial charge in [-0.25, -0.2) is 0 Å². The first kappa shape index (κ1) is 23.8. The summed E-state index contributed by atoms with van der Waals surface area (Å²) in [6.45, 7) is 0. The molecule has 0 aliphatic carbocycles. The van der Waals surface area contributed by atoms with Crippen LogP contribution in [-0.2, 0) is 0 Å². The van der Waals surface area contributed by atoms with Gasteiger partial charge in [-0.05, 0) is 58.9 Å². The van der Waals surface area contributed by atoms with Crippen LogP contribution in [0.15, 0.2) is 158 Å². The molecule has 7 aromatic rings. The minimum atomic E-state index is -2.75. The van der Waals surface area contributed by atoms with Crippen LogP contribution in [0.2, 0.25) is 0 Å². The molecule has 198 valence electrons. The molecular weight excluding hydrogens is 545 g/mol. The average Bonchev–Trinajstić information content (AvgIpc) is 3.45. The van der Waals surface area contributed by atoms with Crippen LogP contribution in [0, 0.1) is 0 Å². The van der Waals surface area contributed by atoms with Crippen LogP contribution in [0.25, 0.3) is 10.1 Å². The highest BCUT2D eigenvalue weighted by Crippen LogP contribution is 2.49. The highest BCUT2D eigenvalue weighted by atomic mass is 32.1. The van der Waals surface area contributed by atoms with Gasteiger partial charge < -0.3 is 9.80 Å². The number of fused-ring (bicyclic) bond motifs is 6. The summed E-state index contributed by atoms with van der Waals surface area (Å²) < 4.78 is 2.84. The topological polar surface area (TPSA) is 6.48 Å². The van der Waals surface area contributed by atoms with Crippen molar-refractivity contribution in [1.82, 2.24) is 0 Å². The van der Waals surface area contributed by atoms with Crippen LogP contribution >= 0.6 is 11.3 Å². The van der Waals surface area contributed by atoms with Gasteiger partial charge in [-0.1, -0.05) is 109 Å². The Balaban J connectivity index is 1.52. The molecule has 0 radical (unpaired) electrons. The Morgan fingerprint density at radius 2 is 1.00 bits per heavy atom. The van der Waals surface area contributed by atoms with Crippen molar-refractivity contribution < 1.29 is 0 Å². The maximum Gasteiger partial charge on any atom is 0.200 e. The fourth-order valence-electron chi connectivity index (χ4n) is 7.22. The van der Waals surface area contributed by atoms with E-state index >= 15 is 0 Å². The highest BCUT2D eigenvalue weighted by Gasteiger charge is 2.56. The standard InChI is InChI=1S/C38H26N2SSi/c1-4-15-27(16-5-1)39-31-22-11-13-26-35(31)42(29-19-8-3-9-20-29)37-32(39)23-14-24-33(37)40(28-17-6-2-7-18-28)36-30-21-10-12-25-34(30)41-38(36)42/h1-26H. The van der Waals surface area contributed by atoms with E-state index in [0.717, 1.165) is 0 Å². The second-order valence-electron chi connectivity index (χ2n) is 10.9. The minimum absolute atomic E-state index is 1.18. The number of hydrogen-bond donors (Lipinski definition) is 0. The molecule has 2 aliphatic heterocycles. The van der Waals surface area contributed by atoms with Crippen molar-refractivity contribution >= 4 is 83.7 Å². The number of hydrogen-bond acceptors (Lipinski definition) is 3. The molecule has 0 N–H and O–H groups in total. The number of nitrogens with zero attached hydrogens (tertiary/aromatic N) is 2. The largest absolute Gasteiger partial charge is 0.311 e. The first-order valence-electron chi connectivity index (χ1n) is 14.4. The number of anilines is 6. The SMILES string of the molecule is c1ccc(N2c3ccccc3[Si]3(c4ccccc4)c4sc5ccccc5c4N(c4ccccc4)c4cccc2c43)cc1. The maximum absolute atomic E-state index is 2.75. The third kappa shape index (κ3) is 3.08. The van der Waals surface area contributed by atoms with Crippen LogP contribution in [0.3, 0.4) is 0 Å². The molecule has 3 heterocycles. The fourth-order valence-corrected chi connectivity index (χ4v) is 15.1. The first-order chi connectivity index (χ1) is 20.9. The molecule has 42 heavy (non-hydrogen) atoms. The van der Waals surface area contributed by atoms with Crippen LogP contribution in [0.5, 0.6) is 0 Å². The lowest BCUT2D eigenvalue weighted by Crippen LogP contribution is -2.78. The molecule has 0 fully saturated rings. The zero-order valence-electron chi connectivity index (χ0n) is 22.8. The van der Waals surface area contributed by atoms with Crippen molar-refractivity contribution in [3.8, 4) is 0 Å². The lowest BCUT2D eigenvalue weighted by Gasteiger charge is -2.49. The average molecular weight is 571 g/mol. The van der Waals surface area contributed by atoms with Crippen LogP contribution in [-0.4, -0.2) is 8.07 Å². The van der Waals surface area contributed by atoms with E-state index in [-0.39, 0.29) is 0 Å². The third-order valence-electron chi connectivity index (χ3n) is 8.80. The van der Waals surface area contributed by atoms with Crippen molar-refractivity contribution in [3.63, 3.8) is 0 Å². The molecule has 2 aliphatic rings. The molecule has 0 saturated heterocycles. The maximum atomic E-state index is 2.54. The van der Waals surface area contributed by atoms with E-state index in [2.05, 4.69) is 168 Å². The first-order valence-corrected chi connectivity index (χ1v) is 17.2. The van der Waals surface area contributed by atoms with E-state index in [1.165, 1.54) is 64.3 Å². The van der Waals surface area contributed by atoms with Gasteiger partial charge in [-0.15, -0.1) is 11.3 Å². The number of thiophene rings is 1. The Morgan fingerprint density at radius 1 is 0.452 bits per heavy atom. The van der Waals surface area contributed by atoms with Crippen LogP contribution in [0.1, 0.15) is 0 Å². The molecule has 1 aromatic heterocycles. The third-order valence-corrected chi connectivity index (χ3v) is 15.6. The predicted octanol–water partition coefficient (Wildman–Crippen LogP) is 7.85. The van der Waals surface area contributed by atoms with Gasteiger partial charge in [0.15, 0.2) is 0 Å². The Hall–Kier alpha value is -4.90. The van der Waals surface area contributed by atoms with Gasteiger partial charge in [0.05, 0.1) is 5.69 Å². The summed E-state index contributed by atoms with van der Waals surface area (Å²) in [5.74, 6) is 0. The summed E-state index contributed by atoms with van der Waals surface area (Å²) in [4.78, 5) is 5.03. The Kier molecular flexibility index (Phi) is 5.12. The minimum Gasteiger partial charge on any atom is -0.311 e. The lowest BCUT2D eigenvalue weighted by molar-refractivity contribution is 1.26. The monoisotopic (exact) mass is 570 g/mol. The van der Waals surface area contributed by atoms with Gasteiger partial charge in [-0.3, -0.25) is 0 Å². The number of benzene rings is 6. The molecule has 6 aromatic carbocycles. The van der Waals surface area contributed by atoms with Gasteiger partial charge in [-0.2, -0.15) is 0 Å². The van der Waals surface area contributed by atoms with Gasteiger partial charge >= 0.3 is 0 Å². The molecule has 9 rings (SSSR count). The van der Waals surface area contributed by atoms with Gasteiger partial charge in [0, 0.05) is 48.2 Å². The second-order valence-corrected chi connectivity index (χ2v) is 16.0. The molecular formula is C38H26N2SSi. The predicted molar refractivity (Wildman–Crippen MR) is 182 cm³/mol. The molecule has 0 saturated carbocycles. The highest BCUT2D eigenvalue weighted by molar-refractivity contribution is 7.41. The van der Waals surface area contributed by atoms with E-state index in [1.54, 1.807) is 0 Å². The number of rotatable bonds is 3.